The number of carbonyl (C=O) groups excluding carboxylic acids is 1. The summed E-state index contributed by atoms with van der Waals surface area (Å²) in [6.45, 7) is 3.02. The summed E-state index contributed by atoms with van der Waals surface area (Å²) in [6.07, 6.45) is 0. The van der Waals surface area contributed by atoms with E-state index in [9.17, 15) is 4.79 Å². The minimum atomic E-state index is -0.165. The number of aryl methyl sites for hydroxylation is 1. The first-order chi connectivity index (χ1) is 10.1. The summed E-state index contributed by atoms with van der Waals surface area (Å²) >= 11 is 3.40. The number of hydrogen-bond donors (Lipinski definition) is 1. The highest BCUT2D eigenvalue weighted by atomic mass is 79.9. The van der Waals surface area contributed by atoms with E-state index < -0.39 is 0 Å². The molecule has 1 aliphatic rings. The van der Waals surface area contributed by atoms with Gasteiger partial charge in [-0.05, 0) is 47.1 Å². The summed E-state index contributed by atoms with van der Waals surface area (Å²) < 4.78 is 11.7. The Kier molecular flexibility index (Phi) is 3.84. The number of rotatable bonds is 2. The Morgan fingerprint density at radius 3 is 2.67 bits per heavy atom. The first kappa shape index (κ1) is 13.9. The van der Waals surface area contributed by atoms with Gasteiger partial charge in [-0.2, -0.15) is 0 Å². The number of ether oxygens (including phenoxy) is 2. The van der Waals surface area contributed by atoms with E-state index >= 15 is 0 Å². The summed E-state index contributed by atoms with van der Waals surface area (Å²) in [5.74, 6) is 1.19. The number of benzene rings is 2. The fourth-order valence-electron chi connectivity index (χ4n) is 2.13. The Morgan fingerprint density at radius 1 is 1.10 bits per heavy atom. The molecule has 4 nitrogen and oxygen atoms in total. The highest BCUT2D eigenvalue weighted by molar-refractivity contribution is 9.10. The Bertz CT molecular complexity index is 700. The smallest absolute Gasteiger partial charge is 0.256 e. The predicted octanol–water partition coefficient (Wildman–Crippen LogP) is 3.78. The van der Waals surface area contributed by atoms with Gasteiger partial charge < -0.3 is 14.8 Å². The molecule has 2 aromatic rings. The monoisotopic (exact) mass is 347 g/mol. The fraction of sp³-hybridized carbons (Fsp3) is 0.188. The van der Waals surface area contributed by atoms with Crippen molar-refractivity contribution in [1.29, 1.82) is 0 Å². The van der Waals surface area contributed by atoms with E-state index in [2.05, 4.69) is 21.2 Å². The molecule has 5 heteroatoms. The molecule has 1 heterocycles. The van der Waals surface area contributed by atoms with Gasteiger partial charge in [0.05, 0.1) is 5.56 Å². The molecule has 0 bridgehead atoms. The maximum Gasteiger partial charge on any atom is 0.256 e. The molecule has 0 radical (unpaired) electrons. The molecule has 1 aliphatic heterocycles. The number of carbonyl (C=O) groups is 1. The topological polar surface area (TPSA) is 47.6 Å². The van der Waals surface area contributed by atoms with Crippen molar-refractivity contribution in [1.82, 2.24) is 0 Å². The van der Waals surface area contributed by atoms with E-state index in [1.807, 2.05) is 25.1 Å². The predicted molar refractivity (Wildman–Crippen MR) is 84.3 cm³/mol. The van der Waals surface area contributed by atoms with Gasteiger partial charge in [0.1, 0.15) is 13.2 Å². The van der Waals surface area contributed by atoms with E-state index in [-0.39, 0.29) is 5.91 Å². The molecular formula is C16H14BrNO3. The van der Waals surface area contributed by atoms with Crippen LogP contribution in [0.25, 0.3) is 0 Å². The van der Waals surface area contributed by atoms with E-state index in [0.29, 0.717) is 36.0 Å². The number of fused-ring (bicyclic) bond motifs is 1. The summed E-state index contributed by atoms with van der Waals surface area (Å²) in [6, 6.07) is 11.0. The molecule has 0 aromatic heterocycles. The van der Waals surface area contributed by atoms with E-state index in [4.69, 9.17) is 9.47 Å². The standard InChI is InChI=1S/C16H14BrNO3/c1-10-2-4-13(17)12(8-10)16(19)18-11-3-5-14-15(9-11)21-7-6-20-14/h2-5,8-9H,6-7H2,1H3,(H,18,19). The van der Waals surface area contributed by atoms with Gasteiger partial charge in [-0.25, -0.2) is 0 Å². The summed E-state index contributed by atoms with van der Waals surface area (Å²) in [4.78, 5) is 12.3. The van der Waals surface area contributed by atoms with Crippen LogP contribution in [0.5, 0.6) is 11.5 Å². The second-order valence-electron chi connectivity index (χ2n) is 4.80. The van der Waals surface area contributed by atoms with Gasteiger partial charge in [-0.15, -0.1) is 0 Å². The quantitative estimate of drug-likeness (QED) is 0.899. The van der Waals surface area contributed by atoms with E-state index in [1.54, 1.807) is 18.2 Å². The van der Waals surface area contributed by atoms with Gasteiger partial charge in [0.15, 0.2) is 11.5 Å². The molecule has 0 atom stereocenters. The Hall–Kier alpha value is -2.01. The van der Waals surface area contributed by atoms with Crippen LogP contribution in [0.1, 0.15) is 15.9 Å². The van der Waals surface area contributed by atoms with Gasteiger partial charge >= 0.3 is 0 Å². The summed E-state index contributed by atoms with van der Waals surface area (Å²) in [5, 5.41) is 2.87. The number of anilines is 1. The molecule has 0 saturated carbocycles. The fourth-order valence-corrected chi connectivity index (χ4v) is 2.56. The third-order valence-corrected chi connectivity index (χ3v) is 3.86. The second-order valence-corrected chi connectivity index (χ2v) is 5.65. The maximum absolute atomic E-state index is 12.3. The lowest BCUT2D eigenvalue weighted by atomic mass is 10.1. The van der Waals surface area contributed by atoms with E-state index in [1.165, 1.54) is 0 Å². The minimum Gasteiger partial charge on any atom is -0.486 e. The molecule has 3 rings (SSSR count). The highest BCUT2D eigenvalue weighted by Gasteiger charge is 2.14. The van der Waals surface area contributed by atoms with Gasteiger partial charge in [0.25, 0.3) is 5.91 Å². The van der Waals surface area contributed by atoms with Crippen LogP contribution in [0.4, 0.5) is 5.69 Å². The lowest BCUT2D eigenvalue weighted by molar-refractivity contribution is 0.102. The molecule has 0 spiro atoms. The van der Waals surface area contributed by atoms with Crippen molar-refractivity contribution in [3.05, 3.63) is 52.0 Å². The van der Waals surface area contributed by atoms with Gasteiger partial charge in [-0.1, -0.05) is 11.6 Å². The van der Waals surface area contributed by atoms with Crippen LogP contribution >= 0.6 is 15.9 Å². The molecule has 0 saturated heterocycles. The van der Waals surface area contributed by atoms with Crippen LogP contribution in [0.15, 0.2) is 40.9 Å². The third kappa shape index (κ3) is 3.03. The number of hydrogen-bond acceptors (Lipinski definition) is 3. The van der Waals surface area contributed by atoms with Crippen LogP contribution in [-0.2, 0) is 0 Å². The summed E-state index contributed by atoms with van der Waals surface area (Å²) in [5.41, 5.74) is 2.31. The molecule has 1 amide bonds. The van der Waals surface area contributed by atoms with Crippen LogP contribution in [-0.4, -0.2) is 19.1 Å². The SMILES string of the molecule is Cc1ccc(Br)c(C(=O)Nc2ccc3c(c2)OCCO3)c1. The zero-order valence-electron chi connectivity index (χ0n) is 11.5. The first-order valence-electron chi connectivity index (χ1n) is 6.60. The van der Waals surface area contributed by atoms with Crippen LogP contribution < -0.4 is 14.8 Å². The molecule has 0 fully saturated rings. The molecular weight excluding hydrogens is 334 g/mol. The number of halogens is 1. The number of amides is 1. The Labute approximate surface area is 131 Å². The molecule has 108 valence electrons. The molecule has 0 unspecified atom stereocenters. The normalized spacial score (nSPS) is 12.9. The maximum atomic E-state index is 12.3. The lowest BCUT2D eigenvalue weighted by Crippen LogP contribution is -2.16. The lowest BCUT2D eigenvalue weighted by Gasteiger charge is -2.19. The molecule has 1 N–H and O–H groups in total. The van der Waals surface area contributed by atoms with Crippen molar-refractivity contribution >= 4 is 27.5 Å². The van der Waals surface area contributed by atoms with Gasteiger partial charge in [-0.3, -0.25) is 4.79 Å². The highest BCUT2D eigenvalue weighted by Crippen LogP contribution is 2.32. The number of nitrogens with one attached hydrogen (secondary N) is 1. The Morgan fingerprint density at radius 2 is 1.86 bits per heavy atom. The molecule has 0 aliphatic carbocycles. The van der Waals surface area contributed by atoms with Gasteiger partial charge in [0.2, 0.25) is 0 Å². The third-order valence-electron chi connectivity index (χ3n) is 3.17. The van der Waals surface area contributed by atoms with Crippen molar-refractivity contribution in [3.63, 3.8) is 0 Å². The van der Waals surface area contributed by atoms with Crippen molar-refractivity contribution < 1.29 is 14.3 Å². The Balaban J connectivity index is 1.83. The molecule has 2 aromatic carbocycles. The first-order valence-corrected chi connectivity index (χ1v) is 7.40. The van der Waals surface area contributed by atoms with Gasteiger partial charge in [0, 0.05) is 16.2 Å². The van der Waals surface area contributed by atoms with Crippen LogP contribution in [0.2, 0.25) is 0 Å². The average molecular weight is 348 g/mol. The second kappa shape index (κ2) is 5.77. The zero-order chi connectivity index (χ0) is 14.8. The van der Waals surface area contributed by atoms with Crippen molar-refractivity contribution in [2.45, 2.75) is 6.92 Å². The largest absolute Gasteiger partial charge is 0.486 e. The molecule has 21 heavy (non-hydrogen) atoms. The van der Waals surface area contributed by atoms with Crippen molar-refractivity contribution in [2.75, 3.05) is 18.5 Å². The van der Waals surface area contributed by atoms with Crippen LogP contribution in [0, 0.1) is 6.92 Å². The average Bonchev–Trinajstić information content (AvgIpc) is 2.49. The van der Waals surface area contributed by atoms with Crippen LogP contribution in [0.3, 0.4) is 0 Å². The van der Waals surface area contributed by atoms with Crippen molar-refractivity contribution in [2.24, 2.45) is 0 Å². The van der Waals surface area contributed by atoms with Crippen molar-refractivity contribution in [3.8, 4) is 11.5 Å². The summed E-state index contributed by atoms with van der Waals surface area (Å²) in [7, 11) is 0. The minimum absolute atomic E-state index is 0.165. The zero-order valence-corrected chi connectivity index (χ0v) is 13.1. The van der Waals surface area contributed by atoms with E-state index in [0.717, 1.165) is 10.0 Å².